The molecule has 1 saturated heterocycles. The van der Waals surface area contributed by atoms with Crippen molar-refractivity contribution in [3.8, 4) is 0 Å². The second kappa shape index (κ2) is 8.26. The lowest BCUT2D eigenvalue weighted by Gasteiger charge is -2.21. The normalized spacial score (nSPS) is 21.8. The van der Waals surface area contributed by atoms with E-state index in [4.69, 9.17) is 16.3 Å². The molecule has 1 heterocycles. The predicted molar refractivity (Wildman–Crippen MR) is 87.2 cm³/mol. The molecule has 1 unspecified atom stereocenters. The quantitative estimate of drug-likeness (QED) is 0.769. The third-order valence-corrected chi connectivity index (χ3v) is 4.23. The first-order valence-corrected chi connectivity index (χ1v) is 8.02. The van der Waals surface area contributed by atoms with Gasteiger partial charge in [0.05, 0.1) is 17.0 Å². The number of amides is 1. The smallest absolute Gasteiger partial charge is 0.326 e. The fourth-order valence-corrected chi connectivity index (χ4v) is 2.77. The van der Waals surface area contributed by atoms with Crippen molar-refractivity contribution in [2.45, 2.75) is 31.9 Å². The van der Waals surface area contributed by atoms with Gasteiger partial charge < -0.3 is 15.2 Å². The highest BCUT2D eigenvalue weighted by Gasteiger charge is 2.37. The summed E-state index contributed by atoms with van der Waals surface area (Å²) in [6, 6.07) is 3.26. The van der Waals surface area contributed by atoms with Crippen LogP contribution in [0.2, 0.25) is 5.02 Å². The number of carbonyl (C=O) groups excluding carboxylic acids is 1. The van der Waals surface area contributed by atoms with Crippen LogP contribution >= 0.6 is 11.6 Å². The highest BCUT2D eigenvalue weighted by atomic mass is 35.5. The Bertz CT molecular complexity index is 649. The van der Waals surface area contributed by atoms with Crippen LogP contribution in [0.5, 0.6) is 0 Å². The average Bonchev–Trinajstić information content (AvgIpc) is 3.03. The van der Waals surface area contributed by atoms with Crippen molar-refractivity contribution in [1.29, 1.82) is 0 Å². The molecule has 1 fully saturated rings. The number of aliphatic carboxylic acids is 1. The second-order valence-corrected chi connectivity index (χ2v) is 5.97. The van der Waals surface area contributed by atoms with Gasteiger partial charge in [-0.1, -0.05) is 29.8 Å². The molecular weight excluding hydrogens is 337 g/mol. The molecule has 5 nitrogen and oxygen atoms in total. The number of nitrogens with one attached hydrogen (secondary N) is 1. The van der Waals surface area contributed by atoms with E-state index >= 15 is 0 Å². The molecule has 0 aliphatic carbocycles. The van der Waals surface area contributed by atoms with Crippen LogP contribution in [0.25, 0.3) is 0 Å². The summed E-state index contributed by atoms with van der Waals surface area (Å²) in [4.78, 5) is 23.7. The van der Waals surface area contributed by atoms with E-state index in [0.717, 1.165) is 0 Å². The van der Waals surface area contributed by atoms with Gasteiger partial charge in [0, 0.05) is 6.61 Å². The van der Waals surface area contributed by atoms with Crippen molar-refractivity contribution in [3.05, 3.63) is 46.8 Å². The van der Waals surface area contributed by atoms with Gasteiger partial charge in [-0.2, -0.15) is 0 Å². The molecule has 3 atom stereocenters. The summed E-state index contributed by atoms with van der Waals surface area (Å²) in [6.07, 6.45) is 3.42. The molecule has 0 spiro atoms. The molecule has 0 aromatic heterocycles. The molecule has 1 aliphatic heterocycles. The Labute approximate surface area is 144 Å². The molecule has 1 aromatic rings. The second-order valence-electron chi connectivity index (χ2n) is 5.56. The summed E-state index contributed by atoms with van der Waals surface area (Å²) in [5.41, 5.74) is 0.509. The first kappa shape index (κ1) is 18.4. The Morgan fingerprint density at radius 1 is 1.54 bits per heavy atom. The average molecular weight is 356 g/mol. The molecule has 7 heteroatoms. The number of rotatable bonds is 6. The van der Waals surface area contributed by atoms with Crippen molar-refractivity contribution in [1.82, 2.24) is 5.32 Å². The van der Waals surface area contributed by atoms with Crippen LogP contribution < -0.4 is 5.32 Å². The van der Waals surface area contributed by atoms with Gasteiger partial charge in [0.15, 0.2) is 0 Å². The van der Waals surface area contributed by atoms with Crippen LogP contribution in [0, 0.1) is 11.7 Å². The van der Waals surface area contributed by atoms with E-state index in [0.29, 0.717) is 18.6 Å². The third-order valence-electron chi connectivity index (χ3n) is 3.92. The number of hydrogen-bond donors (Lipinski definition) is 2. The van der Waals surface area contributed by atoms with Crippen LogP contribution in [-0.4, -0.2) is 29.6 Å². The summed E-state index contributed by atoms with van der Waals surface area (Å²) in [5.74, 6) is -2.67. The highest BCUT2D eigenvalue weighted by molar-refractivity contribution is 6.30. The molecule has 1 amide bonds. The van der Waals surface area contributed by atoms with E-state index < -0.39 is 35.8 Å². The zero-order chi connectivity index (χ0) is 17.7. The summed E-state index contributed by atoms with van der Waals surface area (Å²) in [6.45, 7) is 2.12. The van der Waals surface area contributed by atoms with E-state index in [1.165, 1.54) is 12.1 Å². The summed E-state index contributed by atoms with van der Waals surface area (Å²) < 4.78 is 19.2. The van der Waals surface area contributed by atoms with Gasteiger partial charge in [-0.05, 0) is 37.5 Å². The lowest BCUT2D eigenvalue weighted by molar-refractivity contribution is -0.142. The largest absolute Gasteiger partial charge is 0.480 e. The van der Waals surface area contributed by atoms with E-state index in [-0.39, 0.29) is 11.4 Å². The van der Waals surface area contributed by atoms with Crippen LogP contribution in [-0.2, 0) is 14.3 Å². The molecule has 0 bridgehead atoms. The number of carboxylic acid groups (broad SMARTS) is 1. The van der Waals surface area contributed by atoms with Gasteiger partial charge in [0.2, 0.25) is 5.91 Å². The van der Waals surface area contributed by atoms with Crippen molar-refractivity contribution in [3.63, 3.8) is 0 Å². The zero-order valence-electron chi connectivity index (χ0n) is 13.2. The van der Waals surface area contributed by atoms with E-state index in [1.54, 1.807) is 25.1 Å². The minimum Gasteiger partial charge on any atom is -0.480 e. The van der Waals surface area contributed by atoms with Gasteiger partial charge in [-0.15, -0.1) is 0 Å². The number of hydrogen-bond acceptors (Lipinski definition) is 3. The summed E-state index contributed by atoms with van der Waals surface area (Å²) >= 11 is 5.67. The fourth-order valence-electron chi connectivity index (χ4n) is 2.65. The number of carbonyl (C=O) groups is 2. The topological polar surface area (TPSA) is 75.6 Å². The van der Waals surface area contributed by atoms with Crippen molar-refractivity contribution >= 4 is 23.5 Å². The van der Waals surface area contributed by atoms with Gasteiger partial charge in [-0.3, -0.25) is 4.79 Å². The van der Waals surface area contributed by atoms with Crippen LogP contribution in [0.15, 0.2) is 30.4 Å². The maximum atomic E-state index is 13.6. The van der Waals surface area contributed by atoms with Gasteiger partial charge >= 0.3 is 5.97 Å². The Kier molecular flexibility index (Phi) is 6.34. The monoisotopic (exact) mass is 355 g/mol. The number of allylic oxidation sites excluding steroid dienone is 1. The predicted octanol–water partition coefficient (Wildman–Crippen LogP) is 3.09. The standard InChI is InChI=1S/C17H19ClFNO4/c1-2-3-4-14(17(22)23)20-16(21)11-7-8-24-15(11)10-5-6-12(18)13(19)9-10/h2-3,5-6,9,11,14-15H,4,7-8H2,1H3,(H,20,21)(H,22,23)/b3-2+/t11-,14?,15+/m1/s1. The van der Waals surface area contributed by atoms with Crippen molar-refractivity contribution < 1.29 is 23.8 Å². The Hall–Kier alpha value is -1.92. The number of ether oxygens (including phenoxy) is 1. The maximum Gasteiger partial charge on any atom is 0.326 e. The van der Waals surface area contributed by atoms with Crippen molar-refractivity contribution in [2.24, 2.45) is 5.92 Å². The molecule has 2 N–H and O–H groups in total. The minimum atomic E-state index is -1.10. The van der Waals surface area contributed by atoms with E-state index in [9.17, 15) is 19.1 Å². The third kappa shape index (κ3) is 4.33. The van der Waals surface area contributed by atoms with Crippen LogP contribution in [0.1, 0.15) is 31.4 Å². The SMILES string of the molecule is C/C=C/CC(NC(=O)[C@@H]1CCO[C@H]1c1ccc(Cl)c(F)c1)C(=O)O. The molecule has 1 aliphatic rings. The first-order chi connectivity index (χ1) is 11.4. The van der Waals surface area contributed by atoms with E-state index in [2.05, 4.69) is 5.32 Å². The number of benzene rings is 1. The zero-order valence-corrected chi connectivity index (χ0v) is 13.9. The lowest BCUT2D eigenvalue weighted by atomic mass is 9.94. The van der Waals surface area contributed by atoms with Gasteiger partial charge in [-0.25, -0.2) is 9.18 Å². The lowest BCUT2D eigenvalue weighted by Crippen LogP contribution is -2.44. The Balaban J connectivity index is 2.12. The summed E-state index contributed by atoms with van der Waals surface area (Å²) in [5, 5.41) is 11.7. The molecular formula is C17H19ClFNO4. The molecule has 0 radical (unpaired) electrons. The van der Waals surface area contributed by atoms with Crippen LogP contribution in [0.4, 0.5) is 4.39 Å². The van der Waals surface area contributed by atoms with Crippen molar-refractivity contribution in [2.75, 3.05) is 6.61 Å². The van der Waals surface area contributed by atoms with Gasteiger partial charge in [0.25, 0.3) is 0 Å². The minimum absolute atomic E-state index is 0.00459. The molecule has 0 saturated carbocycles. The first-order valence-electron chi connectivity index (χ1n) is 7.65. The maximum absolute atomic E-state index is 13.6. The summed E-state index contributed by atoms with van der Waals surface area (Å²) in [7, 11) is 0. The molecule has 1 aromatic carbocycles. The Morgan fingerprint density at radius 2 is 2.29 bits per heavy atom. The fraction of sp³-hybridized carbons (Fsp3) is 0.412. The van der Waals surface area contributed by atoms with E-state index in [1.807, 2.05) is 0 Å². The molecule has 24 heavy (non-hydrogen) atoms. The molecule has 2 rings (SSSR count). The molecule has 130 valence electrons. The number of carboxylic acids is 1. The number of halogens is 2. The van der Waals surface area contributed by atoms with Crippen LogP contribution in [0.3, 0.4) is 0 Å². The highest BCUT2D eigenvalue weighted by Crippen LogP contribution is 2.35. The van der Waals surface area contributed by atoms with Gasteiger partial charge in [0.1, 0.15) is 11.9 Å². The Morgan fingerprint density at radius 3 is 2.92 bits per heavy atom.